The van der Waals surface area contributed by atoms with E-state index in [9.17, 15) is 13.5 Å². The first-order valence-corrected chi connectivity index (χ1v) is 9.40. The molecular weight excluding hydrogens is 262 g/mol. The highest BCUT2D eigenvalue weighted by atomic mass is 32.2. The maximum atomic E-state index is 11.7. The molecule has 0 radical (unpaired) electrons. The van der Waals surface area contributed by atoms with Gasteiger partial charge in [0.25, 0.3) is 0 Å². The SMILES string of the molecule is CC1CCC(O)(CNC2CCCC2S(C)(=O)=O)CC1. The summed E-state index contributed by atoms with van der Waals surface area (Å²) in [4.78, 5) is 0. The number of hydrogen-bond donors (Lipinski definition) is 2. The molecular formula is C14H27NO3S. The van der Waals surface area contributed by atoms with Crippen LogP contribution in [-0.2, 0) is 9.84 Å². The van der Waals surface area contributed by atoms with Gasteiger partial charge in [0, 0.05) is 18.8 Å². The van der Waals surface area contributed by atoms with E-state index in [2.05, 4.69) is 12.2 Å². The normalized spacial score (nSPS) is 40.5. The van der Waals surface area contributed by atoms with Gasteiger partial charge in [-0.1, -0.05) is 13.3 Å². The van der Waals surface area contributed by atoms with Crippen molar-refractivity contribution < 1.29 is 13.5 Å². The first-order chi connectivity index (χ1) is 8.80. The monoisotopic (exact) mass is 289 g/mol. The molecule has 2 saturated carbocycles. The van der Waals surface area contributed by atoms with E-state index in [1.54, 1.807) is 0 Å². The highest BCUT2D eigenvalue weighted by molar-refractivity contribution is 7.91. The van der Waals surface area contributed by atoms with Gasteiger partial charge >= 0.3 is 0 Å². The van der Waals surface area contributed by atoms with E-state index in [1.165, 1.54) is 6.26 Å². The molecule has 0 aromatic heterocycles. The lowest BCUT2D eigenvalue weighted by molar-refractivity contribution is -0.00795. The van der Waals surface area contributed by atoms with Crippen LogP contribution in [0, 0.1) is 5.92 Å². The van der Waals surface area contributed by atoms with Gasteiger partial charge in [-0.05, 0) is 44.4 Å². The van der Waals surface area contributed by atoms with Crippen LogP contribution in [0.5, 0.6) is 0 Å². The number of nitrogens with one attached hydrogen (secondary N) is 1. The van der Waals surface area contributed by atoms with Gasteiger partial charge in [-0.2, -0.15) is 0 Å². The Kier molecular flexibility index (Phi) is 4.58. The van der Waals surface area contributed by atoms with Crippen molar-refractivity contribution in [1.82, 2.24) is 5.32 Å². The molecule has 0 aliphatic heterocycles. The smallest absolute Gasteiger partial charge is 0.151 e. The molecule has 2 fully saturated rings. The molecule has 2 rings (SSSR count). The van der Waals surface area contributed by atoms with E-state index < -0.39 is 15.4 Å². The molecule has 0 amide bonds. The van der Waals surface area contributed by atoms with Crippen LogP contribution < -0.4 is 5.32 Å². The van der Waals surface area contributed by atoms with Gasteiger partial charge in [0.2, 0.25) is 0 Å². The van der Waals surface area contributed by atoms with E-state index in [-0.39, 0.29) is 11.3 Å². The van der Waals surface area contributed by atoms with Crippen LogP contribution in [0.25, 0.3) is 0 Å². The Bertz CT molecular complexity index is 399. The minimum atomic E-state index is -2.98. The standard InChI is InChI=1S/C14H27NO3S/c1-11-6-8-14(16,9-7-11)10-15-12-4-3-5-13(12)19(2,17)18/h11-13,15-16H,3-10H2,1-2H3. The molecule has 2 unspecified atom stereocenters. The summed E-state index contributed by atoms with van der Waals surface area (Å²) >= 11 is 0. The summed E-state index contributed by atoms with van der Waals surface area (Å²) in [7, 11) is -2.98. The van der Waals surface area contributed by atoms with E-state index in [0.29, 0.717) is 12.5 Å². The minimum Gasteiger partial charge on any atom is -0.389 e. The zero-order valence-corrected chi connectivity index (χ0v) is 12.9. The third-order valence-electron chi connectivity index (χ3n) is 4.90. The lowest BCUT2D eigenvalue weighted by Gasteiger charge is -2.36. The zero-order valence-electron chi connectivity index (χ0n) is 12.1. The van der Waals surface area contributed by atoms with Crippen LogP contribution in [0.4, 0.5) is 0 Å². The van der Waals surface area contributed by atoms with Gasteiger partial charge in [0.1, 0.15) is 0 Å². The Hall–Kier alpha value is -0.130. The molecule has 0 aromatic rings. The molecule has 0 spiro atoms. The average molecular weight is 289 g/mol. The van der Waals surface area contributed by atoms with Gasteiger partial charge in [-0.3, -0.25) is 0 Å². The molecule has 2 aliphatic carbocycles. The van der Waals surface area contributed by atoms with E-state index in [1.807, 2.05) is 0 Å². The Morgan fingerprint density at radius 2 is 1.84 bits per heavy atom. The molecule has 2 N–H and O–H groups in total. The van der Waals surface area contributed by atoms with Crippen LogP contribution in [-0.4, -0.2) is 43.2 Å². The van der Waals surface area contributed by atoms with Gasteiger partial charge in [-0.15, -0.1) is 0 Å². The van der Waals surface area contributed by atoms with E-state index >= 15 is 0 Å². The third kappa shape index (κ3) is 3.92. The van der Waals surface area contributed by atoms with Crippen LogP contribution in [0.1, 0.15) is 51.9 Å². The Morgan fingerprint density at radius 3 is 2.42 bits per heavy atom. The summed E-state index contributed by atoms with van der Waals surface area (Å²) in [5, 5.41) is 13.6. The fourth-order valence-corrected chi connectivity index (χ4v) is 4.89. The van der Waals surface area contributed by atoms with Crippen molar-refractivity contribution in [2.45, 2.75) is 68.8 Å². The molecule has 5 heteroatoms. The zero-order chi connectivity index (χ0) is 14.1. The van der Waals surface area contributed by atoms with Gasteiger partial charge < -0.3 is 10.4 Å². The molecule has 0 aromatic carbocycles. The highest BCUT2D eigenvalue weighted by Crippen LogP contribution is 2.32. The maximum Gasteiger partial charge on any atom is 0.151 e. The van der Waals surface area contributed by atoms with Crippen molar-refractivity contribution in [1.29, 1.82) is 0 Å². The van der Waals surface area contributed by atoms with Crippen molar-refractivity contribution in [2.24, 2.45) is 5.92 Å². The lowest BCUT2D eigenvalue weighted by Crippen LogP contribution is -2.49. The van der Waals surface area contributed by atoms with Crippen molar-refractivity contribution in [3.63, 3.8) is 0 Å². The fourth-order valence-electron chi connectivity index (χ4n) is 3.47. The third-order valence-corrected chi connectivity index (χ3v) is 6.56. The van der Waals surface area contributed by atoms with Gasteiger partial charge in [0.05, 0.1) is 10.9 Å². The largest absolute Gasteiger partial charge is 0.389 e. The molecule has 112 valence electrons. The second-order valence-corrected chi connectivity index (χ2v) is 8.96. The summed E-state index contributed by atoms with van der Waals surface area (Å²) < 4.78 is 23.4. The van der Waals surface area contributed by atoms with Gasteiger partial charge in [-0.25, -0.2) is 8.42 Å². The van der Waals surface area contributed by atoms with Crippen LogP contribution in [0.2, 0.25) is 0 Å². The lowest BCUT2D eigenvalue weighted by atomic mass is 9.79. The summed E-state index contributed by atoms with van der Waals surface area (Å²) in [6, 6.07) is 0.0263. The number of aliphatic hydroxyl groups is 1. The minimum absolute atomic E-state index is 0.0263. The quantitative estimate of drug-likeness (QED) is 0.823. The molecule has 0 saturated heterocycles. The predicted octanol–water partition coefficient (Wildman–Crippen LogP) is 1.48. The molecule has 0 heterocycles. The summed E-state index contributed by atoms with van der Waals surface area (Å²) in [6.07, 6.45) is 7.75. The average Bonchev–Trinajstić information content (AvgIpc) is 2.79. The van der Waals surface area contributed by atoms with E-state index in [4.69, 9.17) is 0 Å². The molecule has 4 nitrogen and oxygen atoms in total. The highest BCUT2D eigenvalue weighted by Gasteiger charge is 2.37. The van der Waals surface area contributed by atoms with Crippen molar-refractivity contribution in [2.75, 3.05) is 12.8 Å². The topological polar surface area (TPSA) is 66.4 Å². The Balaban J connectivity index is 1.88. The first kappa shape index (κ1) is 15.3. The first-order valence-electron chi connectivity index (χ1n) is 7.45. The molecule has 2 aliphatic rings. The summed E-state index contributed by atoms with van der Waals surface area (Å²) in [5.74, 6) is 0.704. The van der Waals surface area contributed by atoms with Crippen molar-refractivity contribution >= 4 is 9.84 Å². The number of rotatable bonds is 4. The van der Waals surface area contributed by atoms with Crippen LogP contribution >= 0.6 is 0 Å². The second-order valence-electron chi connectivity index (χ2n) is 6.69. The van der Waals surface area contributed by atoms with Crippen molar-refractivity contribution in [3.8, 4) is 0 Å². The fraction of sp³-hybridized carbons (Fsp3) is 1.00. The molecule has 19 heavy (non-hydrogen) atoms. The predicted molar refractivity (Wildman–Crippen MR) is 76.9 cm³/mol. The van der Waals surface area contributed by atoms with Gasteiger partial charge in [0.15, 0.2) is 9.84 Å². The summed E-state index contributed by atoms with van der Waals surface area (Å²) in [5.41, 5.74) is -0.628. The number of hydrogen-bond acceptors (Lipinski definition) is 4. The molecule has 2 atom stereocenters. The number of sulfone groups is 1. The Labute approximate surface area is 116 Å². The van der Waals surface area contributed by atoms with Crippen molar-refractivity contribution in [3.05, 3.63) is 0 Å². The van der Waals surface area contributed by atoms with Crippen LogP contribution in [0.15, 0.2) is 0 Å². The van der Waals surface area contributed by atoms with E-state index in [0.717, 1.165) is 44.9 Å². The van der Waals surface area contributed by atoms with Crippen LogP contribution in [0.3, 0.4) is 0 Å². The summed E-state index contributed by atoms with van der Waals surface area (Å²) in [6.45, 7) is 2.76. The second kappa shape index (κ2) is 5.70. The molecule has 0 bridgehead atoms. The Morgan fingerprint density at radius 1 is 1.21 bits per heavy atom. The maximum absolute atomic E-state index is 11.7.